The number of ether oxygens (including phenoxy) is 1. The van der Waals surface area contributed by atoms with Crippen LogP contribution < -0.4 is 15.8 Å². The predicted molar refractivity (Wildman–Crippen MR) is 254 cm³/mol. The second kappa shape index (κ2) is 26.5. The Labute approximate surface area is 386 Å². The molecule has 0 amide bonds. The van der Waals surface area contributed by atoms with Crippen molar-refractivity contribution >= 4 is 29.0 Å². The van der Waals surface area contributed by atoms with Crippen LogP contribution in [0.15, 0.2) is 60.7 Å². The normalized spacial score (nSPS) is 17.5. The fourth-order valence-electron chi connectivity index (χ4n) is 8.20. The number of hydrogen-bond acceptors (Lipinski definition) is 9. The molecule has 0 aromatic heterocycles. The van der Waals surface area contributed by atoms with Gasteiger partial charge in [0.15, 0.2) is 11.6 Å². The van der Waals surface area contributed by atoms with Gasteiger partial charge in [-0.1, -0.05) is 85.2 Å². The SMILES string of the molecule is CC(C)C(=O)[C@H](CN1CC[C@@H](N)C1)c1ccc(Cl)cc1.CC(C)NC[C@@H](C(=O)C(C)C)c1cc(F)cc(F)c1.COc1ccc([C@@H](CN2CCC(N(C)C)CC2)C(=O)C(C)C)cc1F. The molecule has 0 bridgehead atoms. The van der Waals surface area contributed by atoms with Crippen LogP contribution in [-0.4, -0.2) is 117 Å². The molecule has 2 heterocycles. The molecule has 0 radical (unpaired) electrons. The van der Waals surface area contributed by atoms with Gasteiger partial charge in [-0.05, 0) is 106 Å². The summed E-state index contributed by atoms with van der Waals surface area (Å²) in [4.78, 5) is 44.4. The fraction of sp³-hybridized carbons (Fsp3) is 0.588. The van der Waals surface area contributed by atoms with Crippen LogP contribution in [0.3, 0.4) is 0 Å². The van der Waals surface area contributed by atoms with Crippen LogP contribution >= 0.6 is 11.6 Å². The zero-order valence-electron chi connectivity index (χ0n) is 40.1. The Bertz CT molecular complexity index is 1900. The van der Waals surface area contributed by atoms with Gasteiger partial charge in [-0.15, -0.1) is 0 Å². The van der Waals surface area contributed by atoms with Crippen LogP contribution in [0.1, 0.15) is 109 Å². The molecule has 2 aliphatic rings. The molecule has 3 N–H and O–H groups in total. The molecule has 0 saturated carbocycles. The molecule has 4 atom stereocenters. The Balaban J connectivity index is 0.000000258. The van der Waals surface area contributed by atoms with Crippen molar-refractivity contribution in [3.05, 3.63) is 99.8 Å². The molecule has 9 nitrogen and oxygen atoms in total. The Morgan fingerprint density at radius 2 is 1.19 bits per heavy atom. The second-order valence-electron chi connectivity index (χ2n) is 18.8. The number of halogens is 4. The van der Waals surface area contributed by atoms with E-state index in [1.807, 2.05) is 71.9 Å². The van der Waals surface area contributed by atoms with Gasteiger partial charge >= 0.3 is 0 Å². The van der Waals surface area contributed by atoms with Gasteiger partial charge in [0.05, 0.1) is 24.9 Å². The topological polar surface area (TPSA) is 108 Å². The van der Waals surface area contributed by atoms with Crippen LogP contribution in [0.25, 0.3) is 0 Å². The van der Waals surface area contributed by atoms with E-state index in [2.05, 4.69) is 34.1 Å². The third-order valence-corrected chi connectivity index (χ3v) is 12.3. The van der Waals surface area contributed by atoms with Gasteiger partial charge in [-0.3, -0.25) is 14.4 Å². The van der Waals surface area contributed by atoms with E-state index >= 15 is 0 Å². The summed E-state index contributed by atoms with van der Waals surface area (Å²) in [6.45, 7) is 20.9. The fourth-order valence-corrected chi connectivity index (χ4v) is 8.32. The van der Waals surface area contributed by atoms with Crippen molar-refractivity contribution < 1.29 is 32.3 Å². The molecule has 2 saturated heterocycles. The number of hydrogen-bond donors (Lipinski definition) is 2. The number of carbonyl (C=O) groups is 3. The van der Waals surface area contributed by atoms with Gasteiger partial charge < -0.3 is 30.5 Å². The number of nitrogens with zero attached hydrogens (tertiary/aromatic N) is 3. The summed E-state index contributed by atoms with van der Waals surface area (Å²) in [5.74, 6) is -2.18. The average molecular weight is 915 g/mol. The Morgan fingerprint density at radius 1 is 0.703 bits per heavy atom. The summed E-state index contributed by atoms with van der Waals surface area (Å²) < 4.78 is 45.7. The maximum atomic E-state index is 14.1. The number of carbonyl (C=O) groups excluding carboxylic acids is 3. The van der Waals surface area contributed by atoms with Crippen LogP contribution in [-0.2, 0) is 14.4 Å². The molecule has 3 aromatic rings. The smallest absolute Gasteiger partial charge is 0.165 e. The quantitative estimate of drug-likeness (QED) is 0.129. The van der Waals surface area contributed by atoms with Crippen molar-refractivity contribution in [2.24, 2.45) is 23.5 Å². The minimum Gasteiger partial charge on any atom is -0.494 e. The molecule has 2 aliphatic heterocycles. The summed E-state index contributed by atoms with van der Waals surface area (Å²) in [5.41, 5.74) is 8.14. The molecule has 64 heavy (non-hydrogen) atoms. The number of benzene rings is 3. The van der Waals surface area contributed by atoms with Gasteiger partial charge in [0, 0.05) is 73.1 Å². The van der Waals surface area contributed by atoms with E-state index in [4.69, 9.17) is 22.1 Å². The van der Waals surface area contributed by atoms with E-state index in [0.717, 1.165) is 69.2 Å². The lowest BCUT2D eigenvalue weighted by Crippen LogP contribution is -2.44. The van der Waals surface area contributed by atoms with Gasteiger partial charge in [-0.2, -0.15) is 0 Å². The first kappa shape index (κ1) is 54.7. The molecular formula is C51H75ClF3N5O4. The summed E-state index contributed by atoms with van der Waals surface area (Å²) in [6.07, 6.45) is 3.22. The molecule has 0 spiro atoms. The first-order chi connectivity index (χ1) is 30.1. The van der Waals surface area contributed by atoms with Gasteiger partial charge in [0.25, 0.3) is 0 Å². The van der Waals surface area contributed by atoms with Crippen molar-refractivity contribution in [2.45, 2.75) is 111 Å². The van der Waals surface area contributed by atoms with E-state index in [1.165, 1.54) is 25.3 Å². The highest BCUT2D eigenvalue weighted by molar-refractivity contribution is 6.30. The van der Waals surface area contributed by atoms with E-state index in [-0.39, 0.29) is 64.8 Å². The monoisotopic (exact) mass is 914 g/mol. The number of nitrogens with two attached hydrogens (primary N) is 1. The Morgan fingerprint density at radius 3 is 1.64 bits per heavy atom. The highest BCUT2D eigenvalue weighted by Crippen LogP contribution is 2.29. The van der Waals surface area contributed by atoms with E-state index in [0.29, 0.717) is 29.7 Å². The highest BCUT2D eigenvalue weighted by atomic mass is 35.5. The van der Waals surface area contributed by atoms with E-state index in [1.54, 1.807) is 19.9 Å². The standard InChI is InChI=1S/C20H31FN2O2.C16H23ClN2O.C15H21F2NO/c1-14(2)20(24)17(15-6-7-19(25-5)18(21)12-15)13-23-10-8-16(9-11-23)22(3)4;1-11(2)16(20)15(10-19-8-7-14(18)9-19)12-3-5-13(17)6-4-12;1-9(2)15(19)14(8-18-10(3)4)11-5-12(16)7-13(17)6-11/h6-7,12,14,16-17H,8-11,13H2,1-5H3;3-6,11,14-15H,7-10,18H2,1-2H3;5-7,9-10,14,18H,8H2,1-4H3/t17-;14-,15-;14-/m111/s1. The molecule has 13 heteroatoms. The van der Waals surface area contributed by atoms with Crippen LogP contribution in [0, 0.1) is 35.2 Å². The number of Topliss-reactive ketones (excluding diaryl/α,β-unsaturated/α-hetero) is 3. The zero-order valence-corrected chi connectivity index (χ0v) is 40.9. The minimum absolute atomic E-state index is 0.0156. The molecular weight excluding hydrogens is 839 g/mol. The highest BCUT2D eigenvalue weighted by Gasteiger charge is 2.31. The first-order valence-corrected chi connectivity index (χ1v) is 23.3. The van der Waals surface area contributed by atoms with Crippen molar-refractivity contribution in [3.63, 3.8) is 0 Å². The van der Waals surface area contributed by atoms with Crippen molar-refractivity contribution in [1.29, 1.82) is 0 Å². The summed E-state index contributed by atoms with van der Waals surface area (Å²) in [6, 6.07) is 16.9. The Hall–Kier alpha value is -3.65. The predicted octanol–water partition coefficient (Wildman–Crippen LogP) is 9.12. The van der Waals surface area contributed by atoms with E-state index in [9.17, 15) is 27.6 Å². The molecule has 356 valence electrons. The lowest BCUT2D eigenvalue weighted by atomic mass is 9.87. The van der Waals surface area contributed by atoms with Crippen molar-refractivity contribution in [1.82, 2.24) is 20.0 Å². The van der Waals surface area contributed by atoms with E-state index < -0.39 is 23.4 Å². The maximum Gasteiger partial charge on any atom is 0.165 e. The van der Waals surface area contributed by atoms with Crippen molar-refractivity contribution in [2.75, 3.05) is 67.0 Å². The van der Waals surface area contributed by atoms with Gasteiger partial charge in [0.2, 0.25) is 0 Å². The number of rotatable bonds is 18. The molecule has 0 aliphatic carbocycles. The van der Waals surface area contributed by atoms with Gasteiger partial charge in [-0.25, -0.2) is 13.2 Å². The molecule has 3 aromatic carbocycles. The number of likely N-dealkylation sites (tertiary alicyclic amines) is 2. The molecule has 5 rings (SSSR count). The Kier molecular flexibility index (Phi) is 22.6. The van der Waals surface area contributed by atoms with Crippen molar-refractivity contribution in [3.8, 4) is 5.75 Å². The summed E-state index contributed by atoms with van der Waals surface area (Å²) in [7, 11) is 5.68. The second-order valence-corrected chi connectivity index (χ2v) is 19.3. The molecule has 0 unspecified atom stereocenters. The maximum absolute atomic E-state index is 14.1. The third-order valence-electron chi connectivity index (χ3n) is 12.1. The number of methoxy groups -OCH3 is 1. The summed E-state index contributed by atoms with van der Waals surface area (Å²) in [5, 5.41) is 3.85. The van der Waals surface area contributed by atoms with Crippen LogP contribution in [0.5, 0.6) is 5.75 Å². The number of ketones is 3. The average Bonchev–Trinajstić information content (AvgIpc) is 3.66. The largest absolute Gasteiger partial charge is 0.494 e. The van der Waals surface area contributed by atoms with Gasteiger partial charge in [0.1, 0.15) is 29.0 Å². The zero-order chi connectivity index (χ0) is 47.8. The number of piperidine rings is 1. The molecule has 2 fully saturated rings. The lowest BCUT2D eigenvalue weighted by Gasteiger charge is -2.37. The van der Waals surface area contributed by atoms with Crippen LogP contribution in [0.2, 0.25) is 5.02 Å². The minimum atomic E-state index is -0.652. The summed E-state index contributed by atoms with van der Waals surface area (Å²) >= 11 is 5.94. The third kappa shape index (κ3) is 17.3. The first-order valence-electron chi connectivity index (χ1n) is 22.9. The lowest BCUT2D eigenvalue weighted by molar-refractivity contribution is -0.124. The number of nitrogens with one attached hydrogen (secondary N) is 1. The van der Waals surface area contributed by atoms with Crippen LogP contribution in [0.4, 0.5) is 13.2 Å².